The van der Waals surface area contributed by atoms with Crippen molar-refractivity contribution in [2.75, 3.05) is 13.1 Å². The number of rotatable bonds is 4. The maximum absolute atomic E-state index is 12.0. The van der Waals surface area contributed by atoms with E-state index in [1.807, 2.05) is 17.0 Å². The third-order valence-electron chi connectivity index (χ3n) is 3.81. The summed E-state index contributed by atoms with van der Waals surface area (Å²) in [6, 6.07) is 8.10. The van der Waals surface area contributed by atoms with Crippen LogP contribution in [0.25, 0.3) is 11.4 Å². The molecule has 0 spiro atoms. The molecule has 0 unspecified atom stereocenters. The van der Waals surface area contributed by atoms with Crippen molar-refractivity contribution in [3.63, 3.8) is 0 Å². The van der Waals surface area contributed by atoms with E-state index < -0.39 is 0 Å². The van der Waals surface area contributed by atoms with Gasteiger partial charge in [0.05, 0.1) is 0 Å². The van der Waals surface area contributed by atoms with Gasteiger partial charge in [0.1, 0.15) is 6.54 Å². The molecule has 21 heavy (non-hydrogen) atoms. The highest BCUT2D eigenvalue weighted by Crippen LogP contribution is 2.15. The van der Waals surface area contributed by atoms with E-state index in [0.29, 0.717) is 5.82 Å². The summed E-state index contributed by atoms with van der Waals surface area (Å²) < 4.78 is 0. The Balaban J connectivity index is 1.68. The van der Waals surface area contributed by atoms with Crippen LogP contribution in [0.15, 0.2) is 24.3 Å². The summed E-state index contributed by atoms with van der Waals surface area (Å²) in [5.74, 6) is 0.629. The molecule has 6 nitrogen and oxygen atoms in total. The number of nitrogens with zero attached hydrogens (tertiary/aromatic N) is 5. The predicted octanol–water partition coefficient (Wildman–Crippen LogP) is 1.52. The fraction of sp³-hybridized carbons (Fsp3) is 0.467. The summed E-state index contributed by atoms with van der Waals surface area (Å²) in [6.45, 7) is 3.98. The standard InChI is InChI=1S/C15H19N5O/c1-2-12-5-7-13(8-6-12)15-16-18-20(17-15)11-14(21)19-9-3-4-10-19/h5-8H,2-4,9-11H2,1H3. The summed E-state index contributed by atoms with van der Waals surface area (Å²) in [6.07, 6.45) is 3.18. The van der Waals surface area contributed by atoms with Crippen molar-refractivity contribution < 1.29 is 4.79 Å². The fourth-order valence-electron chi connectivity index (χ4n) is 2.50. The normalized spacial score (nSPS) is 14.6. The third kappa shape index (κ3) is 3.09. The molecule has 0 N–H and O–H groups in total. The van der Waals surface area contributed by atoms with Gasteiger partial charge in [-0.15, -0.1) is 10.2 Å². The first-order valence-corrected chi connectivity index (χ1v) is 7.41. The summed E-state index contributed by atoms with van der Waals surface area (Å²) in [7, 11) is 0. The molecule has 2 aromatic rings. The molecule has 110 valence electrons. The number of amides is 1. The lowest BCUT2D eigenvalue weighted by atomic mass is 10.1. The second kappa shape index (κ2) is 6.03. The van der Waals surface area contributed by atoms with E-state index in [1.165, 1.54) is 10.4 Å². The van der Waals surface area contributed by atoms with Gasteiger partial charge in [-0.25, -0.2) is 0 Å². The number of aryl methyl sites for hydroxylation is 1. The van der Waals surface area contributed by atoms with E-state index in [-0.39, 0.29) is 12.5 Å². The van der Waals surface area contributed by atoms with Gasteiger partial charge >= 0.3 is 0 Å². The lowest BCUT2D eigenvalue weighted by Gasteiger charge is -2.13. The monoisotopic (exact) mass is 285 g/mol. The Bertz CT molecular complexity index is 613. The molecular formula is C15H19N5O. The van der Waals surface area contributed by atoms with Gasteiger partial charge in [0.25, 0.3) is 0 Å². The third-order valence-corrected chi connectivity index (χ3v) is 3.81. The Morgan fingerprint density at radius 3 is 2.57 bits per heavy atom. The predicted molar refractivity (Wildman–Crippen MR) is 78.4 cm³/mol. The Kier molecular flexibility index (Phi) is 3.94. The molecule has 0 aliphatic carbocycles. The summed E-state index contributed by atoms with van der Waals surface area (Å²) in [5.41, 5.74) is 2.20. The number of likely N-dealkylation sites (tertiary alicyclic amines) is 1. The number of hydrogen-bond acceptors (Lipinski definition) is 4. The van der Waals surface area contributed by atoms with E-state index in [1.54, 1.807) is 0 Å². The number of tetrazole rings is 1. The van der Waals surface area contributed by atoms with E-state index in [9.17, 15) is 4.79 Å². The largest absolute Gasteiger partial charge is 0.341 e. The molecule has 0 atom stereocenters. The van der Waals surface area contributed by atoms with Gasteiger partial charge in [-0.05, 0) is 30.0 Å². The number of carbonyl (C=O) groups excluding carboxylic acids is 1. The number of benzene rings is 1. The van der Waals surface area contributed by atoms with Crippen LogP contribution >= 0.6 is 0 Å². The van der Waals surface area contributed by atoms with Crippen LogP contribution in [0.5, 0.6) is 0 Å². The van der Waals surface area contributed by atoms with Gasteiger partial charge in [0.2, 0.25) is 11.7 Å². The first-order valence-electron chi connectivity index (χ1n) is 7.41. The Hall–Kier alpha value is -2.24. The van der Waals surface area contributed by atoms with Crippen LogP contribution in [-0.2, 0) is 17.8 Å². The average molecular weight is 285 g/mol. The zero-order chi connectivity index (χ0) is 14.7. The van der Waals surface area contributed by atoms with Crippen molar-refractivity contribution >= 4 is 5.91 Å². The highest BCUT2D eigenvalue weighted by molar-refractivity contribution is 5.76. The van der Waals surface area contributed by atoms with Crippen LogP contribution in [-0.4, -0.2) is 44.1 Å². The minimum atomic E-state index is 0.0674. The first kappa shape index (κ1) is 13.7. The summed E-state index contributed by atoms with van der Waals surface area (Å²) in [4.78, 5) is 15.3. The van der Waals surface area contributed by atoms with Crippen molar-refractivity contribution in [1.82, 2.24) is 25.1 Å². The molecule has 1 amide bonds. The van der Waals surface area contributed by atoms with Crippen molar-refractivity contribution in [1.29, 1.82) is 0 Å². The quantitative estimate of drug-likeness (QED) is 0.854. The van der Waals surface area contributed by atoms with Crippen LogP contribution in [0, 0.1) is 0 Å². The molecule has 1 aliphatic rings. The average Bonchev–Trinajstić information content (AvgIpc) is 3.19. The van der Waals surface area contributed by atoms with Gasteiger partial charge in [0, 0.05) is 18.7 Å². The van der Waals surface area contributed by atoms with Crippen LogP contribution in [0.3, 0.4) is 0 Å². The van der Waals surface area contributed by atoms with Crippen molar-refractivity contribution in [2.45, 2.75) is 32.7 Å². The molecule has 1 aromatic heterocycles. The van der Waals surface area contributed by atoms with Gasteiger partial charge in [-0.2, -0.15) is 4.80 Å². The molecule has 3 rings (SSSR count). The van der Waals surface area contributed by atoms with Crippen LogP contribution in [0.1, 0.15) is 25.3 Å². The van der Waals surface area contributed by atoms with Crippen molar-refractivity contribution in [3.8, 4) is 11.4 Å². The second-order valence-electron chi connectivity index (χ2n) is 5.28. The minimum Gasteiger partial charge on any atom is -0.341 e. The lowest BCUT2D eigenvalue weighted by molar-refractivity contribution is -0.131. The number of hydrogen-bond donors (Lipinski definition) is 0. The van der Waals surface area contributed by atoms with E-state index in [4.69, 9.17) is 0 Å². The molecule has 0 radical (unpaired) electrons. The molecule has 1 aromatic carbocycles. The molecule has 1 aliphatic heterocycles. The zero-order valence-corrected chi connectivity index (χ0v) is 12.2. The second-order valence-corrected chi connectivity index (χ2v) is 5.28. The molecule has 1 fully saturated rings. The summed E-state index contributed by atoms with van der Waals surface area (Å²) >= 11 is 0. The van der Waals surface area contributed by atoms with Crippen molar-refractivity contribution in [3.05, 3.63) is 29.8 Å². The molecule has 0 saturated carbocycles. The van der Waals surface area contributed by atoms with Crippen molar-refractivity contribution in [2.24, 2.45) is 0 Å². The highest BCUT2D eigenvalue weighted by Gasteiger charge is 2.19. The lowest BCUT2D eigenvalue weighted by Crippen LogP contribution is -2.31. The minimum absolute atomic E-state index is 0.0674. The van der Waals surface area contributed by atoms with Gasteiger partial charge < -0.3 is 4.90 Å². The van der Waals surface area contributed by atoms with Crippen LogP contribution < -0.4 is 0 Å². The van der Waals surface area contributed by atoms with E-state index in [0.717, 1.165) is 37.9 Å². The molecule has 0 bridgehead atoms. The van der Waals surface area contributed by atoms with E-state index >= 15 is 0 Å². The Labute approximate surface area is 123 Å². The maximum Gasteiger partial charge on any atom is 0.246 e. The SMILES string of the molecule is CCc1ccc(-c2nnn(CC(=O)N3CCCC3)n2)cc1. The maximum atomic E-state index is 12.0. The smallest absolute Gasteiger partial charge is 0.246 e. The topological polar surface area (TPSA) is 63.9 Å². The first-order chi connectivity index (χ1) is 10.3. The molecule has 6 heteroatoms. The Morgan fingerprint density at radius 1 is 1.19 bits per heavy atom. The molecule has 1 saturated heterocycles. The molecule has 2 heterocycles. The zero-order valence-electron chi connectivity index (χ0n) is 12.2. The fourth-order valence-corrected chi connectivity index (χ4v) is 2.50. The summed E-state index contributed by atoms with van der Waals surface area (Å²) in [5, 5.41) is 12.3. The Morgan fingerprint density at radius 2 is 1.90 bits per heavy atom. The highest BCUT2D eigenvalue weighted by atomic mass is 16.2. The number of carbonyl (C=O) groups is 1. The van der Waals surface area contributed by atoms with Crippen LogP contribution in [0.2, 0.25) is 0 Å². The van der Waals surface area contributed by atoms with Gasteiger partial charge in [-0.1, -0.05) is 31.2 Å². The molecular weight excluding hydrogens is 266 g/mol. The van der Waals surface area contributed by atoms with Gasteiger partial charge in [-0.3, -0.25) is 4.79 Å². The number of aromatic nitrogens is 4. The van der Waals surface area contributed by atoms with E-state index in [2.05, 4.69) is 34.5 Å². The van der Waals surface area contributed by atoms with Crippen LogP contribution in [0.4, 0.5) is 0 Å². The van der Waals surface area contributed by atoms with Gasteiger partial charge in [0.15, 0.2) is 0 Å².